The highest BCUT2D eigenvalue weighted by Gasteiger charge is 2.43. The zero-order valence-electron chi connectivity index (χ0n) is 11.0. The fourth-order valence-electron chi connectivity index (χ4n) is 1.91. The molecule has 0 radical (unpaired) electrons. The molecule has 1 saturated carbocycles. The van der Waals surface area contributed by atoms with Crippen molar-refractivity contribution in [1.82, 2.24) is 0 Å². The van der Waals surface area contributed by atoms with E-state index in [1.165, 1.54) is 19.3 Å². The van der Waals surface area contributed by atoms with Gasteiger partial charge in [0.2, 0.25) is 0 Å². The molecule has 2 N–H and O–H groups in total. The number of hydrogen-bond acceptors (Lipinski definition) is 2. The van der Waals surface area contributed by atoms with Crippen LogP contribution in [0.3, 0.4) is 0 Å². The summed E-state index contributed by atoms with van der Waals surface area (Å²) in [5, 5.41) is 0.261. The van der Waals surface area contributed by atoms with Crippen molar-refractivity contribution in [2.45, 2.75) is 76.7 Å². The Kier molecular flexibility index (Phi) is 3.69. The summed E-state index contributed by atoms with van der Waals surface area (Å²) in [5.74, 6) is 0. The molecular formula is C12H27NOSi. The first-order chi connectivity index (χ1) is 6.66. The standard InChI is InChI=1S/C12H27NOSi/c1-11(2,3)15(4,5)14-12(13)9-7-6-8-10-12/h6-10,13H2,1-5H3. The lowest BCUT2D eigenvalue weighted by Crippen LogP contribution is -2.55. The van der Waals surface area contributed by atoms with Crippen molar-refractivity contribution in [1.29, 1.82) is 0 Å². The van der Waals surface area contributed by atoms with E-state index >= 15 is 0 Å². The van der Waals surface area contributed by atoms with E-state index in [2.05, 4.69) is 33.9 Å². The predicted molar refractivity (Wildman–Crippen MR) is 68.3 cm³/mol. The topological polar surface area (TPSA) is 35.2 Å². The SMILES string of the molecule is CC(C)(C)[Si](C)(C)OC1(N)CCCCC1. The van der Waals surface area contributed by atoms with E-state index in [-0.39, 0.29) is 10.8 Å². The van der Waals surface area contributed by atoms with Gasteiger partial charge in [0.1, 0.15) is 5.72 Å². The van der Waals surface area contributed by atoms with Gasteiger partial charge in [0.05, 0.1) is 0 Å². The van der Waals surface area contributed by atoms with Gasteiger partial charge >= 0.3 is 0 Å². The summed E-state index contributed by atoms with van der Waals surface area (Å²) in [6, 6.07) is 0. The van der Waals surface area contributed by atoms with Crippen LogP contribution in [0.1, 0.15) is 52.9 Å². The van der Waals surface area contributed by atoms with Crippen LogP contribution in [0.4, 0.5) is 0 Å². The summed E-state index contributed by atoms with van der Waals surface area (Å²) in [6.45, 7) is 11.4. The Morgan fingerprint density at radius 2 is 1.53 bits per heavy atom. The van der Waals surface area contributed by atoms with Crippen molar-refractivity contribution in [2.75, 3.05) is 0 Å². The smallest absolute Gasteiger partial charge is 0.194 e. The molecule has 0 spiro atoms. The lowest BCUT2D eigenvalue weighted by Gasteiger charge is -2.45. The normalized spacial score (nSPS) is 22.8. The maximum atomic E-state index is 6.35. The van der Waals surface area contributed by atoms with Gasteiger partial charge in [-0.25, -0.2) is 0 Å². The molecule has 0 heterocycles. The fourth-order valence-corrected chi connectivity index (χ4v) is 3.44. The van der Waals surface area contributed by atoms with Crippen molar-refractivity contribution < 1.29 is 4.43 Å². The van der Waals surface area contributed by atoms with E-state index in [1.807, 2.05) is 0 Å². The van der Waals surface area contributed by atoms with E-state index < -0.39 is 8.32 Å². The molecule has 0 aromatic rings. The third-order valence-corrected chi connectivity index (χ3v) is 8.49. The molecule has 1 rings (SSSR count). The van der Waals surface area contributed by atoms with E-state index in [4.69, 9.17) is 10.2 Å². The average Bonchev–Trinajstić information content (AvgIpc) is 2.00. The Morgan fingerprint density at radius 1 is 1.07 bits per heavy atom. The Labute approximate surface area is 95.7 Å². The van der Waals surface area contributed by atoms with Crippen LogP contribution in [0.15, 0.2) is 0 Å². The predicted octanol–water partition coefficient (Wildman–Crippen LogP) is 3.63. The molecule has 15 heavy (non-hydrogen) atoms. The summed E-state index contributed by atoms with van der Waals surface area (Å²) in [4.78, 5) is 0. The van der Waals surface area contributed by atoms with Crippen molar-refractivity contribution in [3.63, 3.8) is 0 Å². The highest BCUT2D eigenvalue weighted by molar-refractivity contribution is 6.74. The molecular weight excluding hydrogens is 202 g/mol. The maximum absolute atomic E-state index is 6.35. The molecule has 0 aliphatic heterocycles. The first-order valence-corrected chi connectivity index (χ1v) is 9.06. The van der Waals surface area contributed by atoms with Gasteiger partial charge in [0.15, 0.2) is 8.32 Å². The van der Waals surface area contributed by atoms with Gasteiger partial charge in [0, 0.05) is 0 Å². The van der Waals surface area contributed by atoms with Gasteiger partial charge in [-0.3, -0.25) is 0 Å². The van der Waals surface area contributed by atoms with Crippen LogP contribution in [-0.2, 0) is 4.43 Å². The molecule has 0 atom stereocenters. The molecule has 2 nitrogen and oxygen atoms in total. The van der Waals surface area contributed by atoms with Gasteiger partial charge in [-0.05, 0) is 43.8 Å². The second-order valence-corrected chi connectivity index (χ2v) is 11.2. The van der Waals surface area contributed by atoms with Crippen molar-refractivity contribution in [2.24, 2.45) is 5.73 Å². The van der Waals surface area contributed by atoms with Crippen LogP contribution < -0.4 is 5.73 Å². The first kappa shape index (κ1) is 13.2. The van der Waals surface area contributed by atoms with Crippen molar-refractivity contribution in [3.8, 4) is 0 Å². The third-order valence-electron chi connectivity index (χ3n) is 3.96. The van der Waals surface area contributed by atoms with Crippen molar-refractivity contribution >= 4 is 8.32 Å². The lowest BCUT2D eigenvalue weighted by atomic mass is 9.93. The molecule has 1 aliphatic carbocycles. The molecule has 3 heteroatoms. The van der Waals surface area contributed by atoms with Gasteiger partial charge < -0.3 is 10.2 Å². The summed E-state index contributed by atoms with van der Waals surface area (Å²) in [6.07, 6.45) is 5.86. The largest absolute Gasteiger partial charge is 0.399 e. The lowest BCUT2D eigenvalue weighted by molar-refractivity contribution is 0.0225. The monoisotopic (exact) mass is 229 g/mol. The summed E-state index contributed by atoms with van der Waals surface area (Å²) < 4.78 is 6.35. The van der Waals surface area contributed by atoms with Gasteiger partial charge in [-0.1, -0.05) is 27.2 Å². The zero-order chi connectivity index (χ0) is 11.7. The molecule has 0 saturated heterocycles. The van der Waals surface area contributed by atoms with Crippen LogP contribution in [0.2, 0.25) is 18.1 Å². The summed E-state index contributed by atoms with van der Waals surface area (Å²) >= 11 is 0. The highest BCUT2D eigenvalue weighted by atomic mass is 28.4. The summed E-state index contributed by atoms with van der Waals surface area (Å²) in [5.41, 5.74) is 6.04. The Hall–Kier alpha value is 0.137. The van der Waals surface area contributed by atoms with Crippen LogP contribution in [-0.4, -0.2) is 14.0 Å². The quantitative estimate of drug-likeness (QED) is 0.580. The molecule has 0 aromatic carbocycles. The minimum Gasteiger partial charge on any atom is -0.399 e. The second kappa shape index (κ2) is 4.19. The fraction of sp³-hybridized carbons (Fsp3) is 1.00. The van der Waals surface area contributed by atoms with E-state index in [0.29, 0.717) is 0 Å². The third kappa shape index (κ3) is 3.30. The average molecular weight is 229 g/mol. The first-order valence-electron chi connectivity index (χ1n) is 6.15. The minimum atomic E-state index is -1.69. The van der Waals surface area contributed by atoms with Crippen LogP contribution in [0, 0.1) is 0 Å². The number of rotatable bonds is 2. The van der Waals surface area contributed by atoms with Gasteiger partial charge in [0.25, 0.3) is 0 Å². The Bertz CT molecular complexity index is 214. The molecule has 90 valence electrons. The molecule has 0 aromatic heterocycles. The van der Waals surface area contributed by atoms with E-state index in [1.54, 1.807) is 0 Å². The van der Waals surface area contributed by atoms with Crippen LogP contribution >= 0.6 is 0 Å². The maximum Gasteiger partial charge on any atom is 0.194 e. The second-order valence-electron chi connectivity index (χ2n) is 6.49. The van der Waals surface area contributed by atoms with Crippen LogP contribution in [0.25, 0.3) is 0 Å². The number of nitrogens with two attached hydrogens (primary N) is 1. The highest BCUT2D eigenvalue weighted by Crippen LogP contribution is 2.41. The zero-order valence-corrected chi connectivity index (χ0v) is 12.0. The molecule has 1 fully saturated rings. The Morgan fingerprint density at radius 3 is 1.93 bits per heavy atom. The van der Waals surface area contributed by atoms with Gasteiger partial charge in [-0.15, -0.1) is 0 Å². The summed E-state index contributed by atoms with van der Waals surface area (Å²) in [7, 11) is -1.69. The minimum absolute atomic E-state index is 0.261. The molecule has 0 unspecified atom stereocenters. The molecule has 0 amide bonds. The number of hydrogen-bond donors (Lipinski definition) is 1. The van der Waals surface area contributed by atoms with E-state index in [9.17, 15) is 0 Å². The van der Waals surface area contributed by atoms with Crippen LogP contribution in [0.5, 0.6) is 0 Å². The van der Waals surface area contributed by atoms with E-state index in [0.717, 1.165) is 12.8 Å². The van der Waals surface area contributed by atoms with Gasteiger partial charge in [-0.2, -0.15) is 0 Å². The molecule has 0 bridgehead atoms. The Balaban J connectivity index is 2.67. The molecule has 1 aliphatic rings. The van der Waals surface area contributed by atoms with Crippen molar-refractivity contribution in [3.05, 3.63) is 0 Å².